The van der Waals surface area contributed by atoms with E-state index < -0.39 is 11.6 Å². The number of aliphatic hydroxyl groups is 1. The number of β-amino-alcohol motifs (C(OH)–C–C–N with tert-alkyl or cyclic N) is 1. The van der Waals surface area contributed by atoms with Crippen molar-refractivity contribution in [2.24, 2.45) is 0 Å². The molecule has 17 heavy (non-hydrogen) atoms. The van der Waals surface area contributed by atoms with Crippen LogP contribution in [0.1, 0.15) is 29.3 Å². The van der Waals surface area contributed by atoms with Gasteiger partial charge in [-0.15, -0.1) is 0 Å². The van der Waals surface area contributed by atoms with Gasteiger partial charge in [-0.3, -0.25) is 4.90 Å². The van der Waals surface area contributed by atoms with Gasteiger partial charge in [-0.1, -0.05) is 12.1 Å². The first-order chi connectivity index (χ1) is 7.96. The monoisotopic (exact) mass is 235 g/mol. The van der Waals surface area contributed by atoms with E-state index >= 15 is 0 Å². The fourth-order valence-electron chi connectivity index (χ4n) is 2.23. The van der Waals surface area contributed by atoms with E-state index in [0.29, 0.717) is 18.7 Å². The fourth-order valence-corrected chi connectivity index (χ4v) is 2.23. The highest BCUT2D eigenvalue weighted by Gasteiger charge is 2.30. The van der Waals surface area contributed by atoms with Gasteiger partial charge in [0.25, 0.3) is 0 Å². The lowest BCUT2D eigenvalue weighted by Gasteiger charge is -2.18. The average molecular weight is 235 g/mol. The molecule has 1 aromatic carbocycles. The number of likely N-dealkylation sites (tertiary alicyclic amines) is 1. The second kappa shape index (κ2) is 4.47. The van der Waals surface area contributed by atoms with Crippen molar-refractivity contribution in [3.05, 3.63) is 35.4 Å². The number of nitrogens with zero attached hydrogens (tertiary/aromatic N) is 1. The molecule has 1 heterocycles. The number of rotatable bonds is 3. The zero-order valence-electron chi connectivity index (χ0n) is 9.89. The molecule has 0 aliphatic carbocycles. The van der Waals surface area contributed by atoms with Gasteiger partial charge in [0.15, 0.2) is 0 Å². The topological polar surface area (TPSA) is 60.8 Å². The molecule has 2 rings (SSSR count). The number of carboxylic acids is 1. The van der Waals surface area contributed by atoms with Crippen LogP contribution in [0.25, 0.3) is 0 Å². The molecule has 0 bridgehead atoms. The maximum atomic E-state index is 10.8. The Kier molecular flexibility index (Phi) is 3.17. The summed E-state index contributed by atoms with van der Waals surface area (Å²) in [5, 5.41) is 18.7. The normalized spacial score (nSPS) is 25.1. The first-order valence-electron chi connectivity index (χ1n) is 5.73. The summed E-state index contributed by atoms with van der Waals surface area (Å²) in [6.45, 7) is 4.02. The number of benzene rings is 1. The molecule has 1 fully saturated rings. The SMILES string of the molecule is CC1(O)CCN(Cc2cccc(C(=O)O)c2)C1. The van der Waals surface area contributed by atoms with E-state index in [0.717, 1.165) is 18.5 Å². The van der Waals surface area contributed by atoms with Crippen molar-refractivity contribution >= 4 is 5.97 Å². The van der Waals surface area contributed by atoms with Crippen LogP contribution in [0.3, 0.4) is 0 Å². The minimum atomic E-state index is -0.903. The third kappa shape index (κ3) is 3.05. The first kappa shape index (κ1) is 12.1. The summed E-state index contributed by atoms with van der Waals surface area (Å²) in [6.07, 6.45) is 0.769. The molecule has 0 saturated carbocycles. The average Bonchev–Trinajstić information content (AvgIpc) is 2.58. The van der Waals surface area contributed by atoms with Crippen molar-refractivity contribution in [1.82, 2.24) is 4.90 Å². The summed E-state index contributed by atoms with van der Waals surface area (Å²) in [4.78, 5) is 13.0. The molecule has 0 aromatic heterocycles. The molecule has 1 aromatic rings. The zero-order valence-corrected chi connectivity index (χ0v) is 9.89. The van der Waals surface area contributed by atoms with Crippen LogP contribution in [0.4, 0.5) is 0 Å². The largest absolute Gasteiger partial charge is 0.478 e. The van der Waals surface area contributed by atoms with Crippen molar-refractivity contribution in [3.63, 3.8) is 0 Å². The van der Waals surface area contributed by atoms with Gasteiger partial charge in [-0.25, -0.2) is 4.79 Å². The predicted octanol–water partition coefficient (Wildman–Crippen LogP) is 1.34. The molecule has 4 nitrogen and oxygen atoms in total. The number of hydrogen-bond acceptors (Lipinski definition) is 3. The van der Waals surface area contributed by atoms with E-state index in [1.807, 2.05) is 13.0 Å². The summed E-state index contributed by atoms with van der Waals surface area (Å²) >= 11 is 0. The molecular weight excluding hydrogens is 218 g/mol. The summed E-state index contributed by atoms with van der Waals surface area (Å²) in [5.74, 6) is -0.903. The summed E-state index contributed by atoms with van der Waals surface area (Å²) < 4.78 is 0. The molecule has 1 saturated heterocycles. The molecule has 0 radical (unpaired) electrons. The van der Waals surface area contributed by atoms with E-state index in [1.54, 1.807) is 18.2 Å². The summed E-state index contributed by atoms with van der Waals surface area (Å²) in [6, 6.07) is 6.95. The minimum absolute atomic E-state index is 0.313. The van der Waals surface area contributed by atoms with Gasteiger partial charge in [-0.05, 0) is 31.0 Å². The lowest BCUT2D eigenvalue weighted by molar-refractivity contribution is 0.0672. The fraction of sp³-hybridized carbons (Fsp3) is 0.462. The third-order valence-electron chi connectivity index (χ3n) is 3.11. The van der Waals surface area contributed by atoms with Gasteiger partial charge in [-0.2, -0.15) is 0 Å². The van der Waals surface area contributed by atoms with Gasteiger partial charge < -0.3 is 10.2 Å². The Morgan fingerprint density at radius 1 is 1.53 bits per heavy atom. The van der Waals surface area contributed by atoms with Crippen LogP contribution in [-0.2, 0) is 6.54 Å². The van der Waals surface area contributed by atoms with Crippen molar-refractivity contribution in [2.45, 2.75) is 25.5 Å². The Balaban J connectivity index is 2.04. The van der Waals surface area contributed by atoms with E-state index in [4.69, 9.17) is 5.11 Å². The van der Waals surface area contributed by atoms with Crippen LogP contribution >= 0.6 is 0 Å². The van der Waals surface area contributed by atoms with Crippen molar-refractivity contribution in [2.75, 3.05) is 13.1 Å². The molecule has 1 unspecified atom stereocenters. The highest BCUT2D eigenvalue weighted by atomic mass is 16.4. The van der Waals surface area contributed by atoms with E-state index in [2.05, 4.69) is 4.90 Å². The predicted molar refractivity (Wildman–Crippen MR) is 63.9 cm³/mol. The molecule has 0 spiro atoms. The molecule has 4 heteroatoms. The molecule has 0 amide bonds. The molecule has 1 aliphatic heterocycles. The Bertz CT molecular complexity index is 428. The lowest BCUT2D eigenvalue weighted by Crippen LogP contribution is -2.29. The minimum Gasteiger partial charge on any atom is -0.478 e. The quantitative estimate of drug-likeness (QED) is 0.830. The van der Waals surface area contributed by atoms with Crippen LogP contribution in [0.2, 0.25) is 0 Å². The first-order valence-corrected chi connectivity index (χ1v) is 5.73. The van der Waals surface area contributed by atoms with Gasteiger partial charge in [0.05, 0.1) is 11.2 Å². The second-order valence-electron chi connectivity index (χ2n) is 4.96. The smallest absolute Gasteiger partial charge is 0.335 e. The van der Waals surface area contributed by atoms with Gasteiger partial charge >= 0.3 is 5.97 Å². The summed E-state index contributed by atoms with van der Waals surface area (Å²) in [7, 11) is 0. The maximum Gasteiger partial charge on any atom is 0.335 e. The molecule has 92 valence electrons. The highest BCUT2D eigenvalue weighted by Crippen LogP contribution is 2.22. The molecule has 1 atom stereocenters. The Morgan fingerprint density at radius 3 is 2.88 bits per heavy atom. The molecular formula is C13H17NO3. The standard InChI is InChI=1S/C13H17NO3/c1-13(17)5-6-14(9-13)8-10-3-2-4-11(7-10)12(15)16/h2-4,7,17H,5-6,8-9H2,1H3,(H,15,16). The second-order valence-corrected chi connectivity index (χ2v) is 4.96. The maximum absolute atomic E-state index is 10.8. The Hall–Kier alpha value is -1.39. The van der Waals surface area contributed by atoms with Gasteiger partial charge in [0.1, 0.15) is 0 Å². The van der Waals surface area contributed by atoms with E-state index in [1.165, 1.54) is 0 Å². The molecule has 1 aliphatic rings. The number of carboxylic acid groups (broad SMARTS) is 1. The van der Waals surface area contributed by atoms with Crippen LogP contribution in [0.5, 0.6) is 0 Å². The van der Waals surface area contributed by atoms with Crippen LogP contribution < -0.4 is 0 Å². The number of hydrogen-bond donors (Lipinski definition) is 2. The third-order valence-corrected chi connectivity index (χ3v) is 3.11. The van der Waals surface area contributed by atoms with Crippen LogP contribution in [0, 0.1) is 0 Å². The molecule has 2 N–H and O–H groups in total. The summed E-state index contributed by atoms with van der Waals surface area (Å²) in [5.41, 5.74) is 0.681. The van der Waals surface area contributed by atoms with E-state index in [-0.39, 0.29) is 0 Å². The van der Waals surface area contributed by atoms with Crippen LogP contribution in [0.15, 0.2) is 24.3 Å². The van der Waals surface area contributed by atoms with E-state index in [9.17, 15) is 9.90 Å². The number of carbonyl (C=O) groups is 1. The number of aromatic carboxylic acids is 1. The van der Waals surface area contributed by atoms with Crippen molar-refractivity contribution in [1.29, 1.82) is 0 Å². The lowest BCUT2D eigenvalue weighted by atomic mass is 10.1. The van der Waals surface area contributed by atoms with Gasteiger partial charge in [0, 0.05) is 19.6 Å². The Morgan fingerprint density at radius 2 is 2.29 bits per heavy atom. The Labute approximate surface area is 100 Å². The highest BCUT2D eigenvalue weighted by molar-refractivity contribution is 5.87. The van der Waals surface area contributed by atoms with Gasteiger partial charge in [0.2, 0.25) is 0 Å². The van der Waals surface area contributed by atoms with Crippen LogP contribution in [-0.4, -0.2) is 39.8 Å². The van der Waals surface area contributed by atoms with Crippen molar-refractivity contribution in [3.8, 4) is 0 Å². The van der Waals surface area contributed by atoms with Crippen molar-refractivity contribution < 1.29 is 15.0 Å². The zero-order chi connectivity index (χ0) is 12.5.